The zero-order chi connectivity index (χ0) is 28.7. The molecule has 0 bridgehead atoms. The van der Waals surface area contributed by atoms with Crippen molar-refractivity contribution < 1.29 is 22.3 Å². The van der Waals surface area contributed by atoms with E-state index in [-0.39, 0.29) is 16.7 Å². The Kier molecular flexibility index (Phi) is 7.53. The summed E-state index contributed by atoms with van der Waals surface area (Å²) in [5.74, 6) is 0.0806. The number of carbonyl (C=O) groups excluding carboxylic acids is 1. The van der Waals surface area contributed by atoms with Crippen molar-refractivity contribution in [3.63, 3.8) is 0 Å². The van der Waals surface area contributed by atoms with Crippen LogP contribution in [0.25, 0.3) is 11.0 Å². The van der Waals surface area contributed by atoms with E-state index in [1.165, 1.54) is 0 Å². The number of sulfonamides is 1. The molecule has 2 heterocycles. The highest BCUT2D eigenvalue weighted by Crippen LogP contribution is 2.56. The number of para-hydroxylation sites is 2. The third kappa shape index (κ3) is 5.79. The lowest BCUT2D eigenvalue weighted by Gasteiger charge is -2.32. The number of carbonyl (C=O) groups is 1. The third-order valence-electron chi connectivity index (χ3n) is 7.69. The Morgan fingerprint density at radius 2 is 1.73 bits per heavy atom. The van der Waals surface area contributed by atoms with Crippen molar-refractivity contribution in [1.29, 1.82) is 0 Å². The lowest BCUT2D eigenvalue weighted by Crippen LogP contribution is -2.31. The SMILES string of the molecule is CCC(C)(C)c1ccc(S(=O)(=O)N[C@@H](Cc2ccc(C3CC(=O)NS3(O)O)cc2)c2nc3ccccc3[nH]2)cc1. The Morgan fingerprint density at radius 3 is 2.33 bits per heavy atom. The number of imidazole rings is 1. The summed E-state index contributed by atoms with van der Waals surface area (Å²) in [4.78, 5) is 19.8. The summed E-state index contributed by atoms with van der Waals surface area (Å²) < 4.78 is 52.6. The monoisotopic (exact) mass is 582 g/mol. The summed E-state index contributed by atoms with van der Waals surface area (Å²) in [7, 11) is -7.15. The Bertz CT molecular complexity index is 1600. The lowest BCUT2D eigenvalue weighted by molar-refractivity contribution is -0.118. The topological polar surface area (TPSA) is 144 Å². The van der Waals surface area contributed by atoms with E-state index in [9.17, 15) is 22.3 Å². The molecule has 0 spiro atoms. The van der Waals surface area contributed by atoms with Crippen molar-refractivity contribution in [2.24, 2.45) is 0 Å². The highest BCUT2D eigenvalue weighted by Gasteiger charge is 2.38. The van der Waals surface area contributed by atoms with E-state index in [0.29, 0.717) is 17.8 Å². The van der Waals surface area contributed by atoms with Crippen LogP contribution in [0.1, 0.15) is 67.4 Å². The molecule has 1 aliphatic rings. The Balaban J connectivity index is 1.43. The van der Waals surface area contributed by atoms with Gasteiger partial charge in [0.2, 0.25) is 15.9 Å². The predicted octanol–water partition coefficient (Wildman–Crippen LogP) is 5.74. The first kappa shape index (κ1) is 28.3. The highest BCUT2D eigenvalue weighted by atomic mass is 32.3. The van der Waals surface area contributed by atoms with Gasteiger partial charge in [-0.15, -0.1) is 10.8 Å². The smallest absolute Gasteiger partial charge is 0.241 e. The molecule has 1 fully saturated rings. The van der Waals surface area contributed by atoms with Crippen LogP contribution < -0.4 is 9.44 Å². The van der Waals surface area contributed by atoms with Gasteiger partial charge in [0, 0.05) is 0 Å². The molecule has 40 heavy (non-hydrogen) atoms. The molecule has 0 saturated carbocycles. The molecule has 3 aromatic carbocycles. The lowest BCUT2D eigenvalue weighted by atomic mass is 9.82. The number of hydrogen-bond acceptors (Lipinski definition) is 6. The number of nitrogens with one attached hydrogen (secondary N) is 3. The van der Waals surface area contributed by atoms with Gasteiger partial charge in [-0.3, -0.25) is 18.6 Å². The molecule has 1 saturated heterocycles. The maximum Gasteiger partial charge on any atom is 0.241 e. The number of rotatable bonds is 9. The zero-order valence-electron chi connectivity index (χ0n) is 22.6. The summed E-state index contributed by atoms with van der Waals surface area (Å²) in [6.45, 7) is 6.36. The van der Waals surface area contributed by atoms with Crippen LogP contribution in [-0.4, -0.2) is 33.4 Å². The van der Waals surface area contributed by atoms with Crippen molar-refractivity contribution in [2.45, 2.75) is 61.6 Å². The maximum absolute atomic E-state index is 13.5. The number of fused-ring (bicyclic) bond motifs is 1. The van der Waals surface area contributed by atoms with Crippen LogP contribution in [0.4, 0.5) is 0 Å². The van der Waals surface area contributed by atoms with Gasteiger partial charge in [0.1, 0.15) is 11.1 Å². The predicted molar refractivity (Wildman–Crippen MR) is 157 cm³/mol. The van der Waals surface area contributed by atoms with Crippen molar-refractivity contribution >= 4 is 37.7 Å². The first-order chi connectivity index (χ1) is 18.9. The van der Waals surface area contributed by atoms with Gasteiger partial charge < -0.3 is 4.98 Å². The van der Waals surface area contributed by atoms with Gasteiger partial charge in [0.25, 0.3) is 0 Å². The quantitative estimate of drug-likeness (QED) is 0.170. The summed E-state index contributed by atoms with van der Waals surface area (Å²) in [6, 6.07) is 20.9. The van der Waals surface area contributed by atoms with E-state index in [2.05, 4.69) is 40.2 Å². The molecular formula is C29H34N4O5S2. The summed E-state index contributed by atoms with van der Waals surface area (Å²) in [6.07, 6.45) is 1.21. The number of hydrogen-bond donors (Lipinski definition) is 5. The van der Waals surface area contributed by atoms with Crippen LogP contribution in [-0.2, 0) is 26.7 Å². The van der Waals surface area contributed by atoms with Gasteiger partial charge in [-0.2, -0.15) is 0 Å². The Labute approximate surface area is 236 Å². The van der Waals surface area contributed by atoms with E-state index >= 15 is 0 Å². The first-order valence-electron chi connectivity index (χ1n) is 13.1. The molecule has 0 aliphatic carbocycles. The van der Waals surface area contributed by atoms with Crippen LogP contribution in [0, 0.1) is 0 Å². The standard InChI is InChI=1S/C29H34N4O5S2/c1-4-29(2,3)21-13-15-22(16-14-21)39(35,36)32-25(28-30-23-7-5-6-8-24(23)31-28)17-19-9-11-20(12-10-19)26-18-27(34)33-40(26,37)38/h5-16,25-26,32,37-38H,4,17-18H2,1-3H3,(H,30,31)(H,33,34)/t25-,26?/m0/s1. The number of aromatic amines is 1. The minimum absolute atomic E-state index is 0.00266. The molecular weight excluding hydrogens is 548 g/mol. The molecule has 4 aromatic rings. The Morgan fingerprint density at radius 1 is 1.05 bits per heavy atom. The highest BCUT2D eigenvalue weighted by molar-refractivity contribution is 8.23. The molecule has 9 nitrogen and oxygen atoms in total. The van der Waals surface area contributed by atoms with Crippen molar-refractivity contribution in [3.8, 4) is 0 Å². The average molecular weight is 583 g/mol. The number of aromatic nitrogens is 2. The summed E-state index contributed by atoms with van der Waals surface area (Å²) in [5.41, 5.74) is 3.97. The molecule has 5 N–H and O–H groups in total. The van der Waals surface area contributed by atoms with Gasteiger partial charge in [-0.25, -0.2) is 18.1 Å². The fourth-order valence-electron chi connectivity index (χ4n) is 4.85. The molecule has 1 unspecified atom stereocenters. The van der Waals surface area contributed by atoms with Crippen molar-refractivity contribution in [2.75, 3.05) is 0 Å². The minimum Gasteiger partial charge on any atom is -0.341 e. The van der Waals surface area contributed by atoms with Crippen molar-refractivity contribution in [3.05, 3.63) is 95.3 Å². The fourth-order valence-corrected chi connectivity index (χ4v) is 7.53. The fraction of sp³-hybridized carbons (Fsp3) is 0.310. The maximum atomic E-state index is 13.5. The molecule has 11 heteroatoms. The average Bonchev–Trinajstić information content (AvgIpc) is 3.48. The van der Waals surface area contributed by atoms with E-state index < -0.39 is 38.0 Å². The molecule has 0 radical (unpaired) electrons. The van der Waals surface area contributed by atoms with E-state index in [4.69, 9.17) is 0 Å². The summed E-state index contributed by atoms with van der Waals surface area (Å²) in [5, 5.41) is -0.723. The normalized spacial score (nSPS) is 18.9. The van der Waals surface area contributed by atoms with Gasteiger partial charge in [0.05, 0.1) is 28.4 Å². The number of nitrogens with zero attached hydrogens (tertiary/aromatic N) is 1. The zero-order valence-corrected chi connectivity index (χ0v) is 24.2. The first-order valence-corrected chi connectivity index (χ1v) is 16.2. The van der Waals surface area contributed by atoms with E-state index in [1.54, 1.807) is 36.4 Å². The van der Waals surface area contributed by atoms with Gasteiger partial charge in [-0.1, -0.05) is 69.3 Å². The van der Waals surface area contributed by atoms with Gasteiger partial charge in [-0.05, 0) is 59.2 Å². The second-order valence-corrected chi connectivity index (χ2v) is 14.5. The second kappa shape index (κ2) is 10.6. The van der Waals surface area contributed by atoms with Gasteiger partial charge in [0.15, 0.2) is 0 Å². The molecule has 2 atom stereocenters. The van der Waals surface area contributed by atoms with Crippen LogP contribution in [0.2, 0.25) is 0 Å². The van der Waals surface area contributed by atoms with Crippen LogP contribution in [0.3, 0.4) is 0 Å². The van der Waals surface area contributed by atoms with E-state index in [1.807, 2.05) is 36.4 Å². The molecule has 5 rings (SSSR count). The van der Waals surface area contributed by atoms with Crippen molar-refractivity contribution in [1.82, 2.24) is 19.4 Å². The number of H-pyrrole nitrogens is 1. The van der Waals surface area contributed by atoms with Crippen LogP contribution in [0.15, 0.2) is 77.7 Å². The Hall–Kier alpha value is -3.22. The minimum atomic E-state index is -3.90. The third-order valence-corrected chi connectivity index (χ3v) is 10.9. The van der Waals surface area contributed by atoms with Crippen LogP contribution in [0.5, 0.6) is 0 Å². The molecule has 1 amide bonds. The summed E-state index contributed by atoms with van der Waals surface area (Å²) >= 11 is 0. The second-order valence-electron chi connectivity index (χ2n) is 10.8. The molecule has 212 valence electrons. The van der Waals surface area contributed by atoms with Crippen LogP contribution >= 0.6 is 10.8 Å². The number of amides is 1. The van der Waals surface area contributed by atoms with E-state index in [0.717, 1.165) is 28.6 Å². The molecule has 1 aliphatic heterocycles. The van der Waals surface area contributed by atoms with Gasteiger partial charge >= 0.3 is 0 Å². The largest absolute Gasteiger partial charge is 0.341 e. The molecule has 1 aromatic heterocycles. The number of benzene rings is 3.